The Bertz CT molecular complexity index is 543. The number of carbonyl (C=O) groups excluding carboxylic acids is 1. The van der Waals surface area contributed by atoms with Gasteiger partial charge in [0.25, 0.3) is 10.1 Å². The van der Waals surface area contributed by atoms with Crippen molar-refractivity contribution in [1.82, 2.24) is 0 Å². The van der Waals surface area contributed by atoms with E-state index in [4.69, 9.17) is 10.3 Å². The van der Waals surface area contributed by atoms with Crippen molar-refractivity contribution in [2.45, 2.75) is 11.8 Å². The zero-order valence-electron chi connectivity index (χ0n) is 9.26. The minimum absolute atomic E-state index is 0. The van der Waals surface area contributed by atoms with Crippen molar-refractivity contribution in [1.29, 1.82) is 0 Å². The van der Waals surface area contributed by atoms with Crippen molar-refractivity contribution in [3.63, 3.8) is 0 Å². The molecule has 0 atom stereocenters. The summed E-state index contributed by atoms with van der Waals surface area (Å²) in [6, 6.07) is 1.79. The Morgan fingerprint density at radius 2 is 1.94 bits per heavy atom. The molecule has 89 valence electrons. The van der Waals surface area contributed by atoms with Crippen LogP contribution in [0.25, 0.3) is 0 Å². The maximum atomic E-state index is 10.8. The molecule has 0 bridgehead atoms. The van der Waals surface area contributed by atoms with E-state index >= 15 is 0 Å². The summed E-state index contributed by atoms with van der Waals surface area (Å²) in [4.78, 5) is 10.3. The number of anilines is 2. The zero-order valence-corrected chi connectivity index (χ0v) is 12.1. The van der Waals surface area contributed by atoms with E-state index < -0.39 is 26.7 Å². The van der Waals surface area contributed by atoms with Gasteiger partial charge in [0.15, 0.2) is 5.75 Å². The van der Waals surface area contributed by atoms with E-state index in [-0.39, 0.29) is 40.9 Å². The number of phenols is 1. The molecule has 17 heavy (non-hydrogen) atoms. The number of nitrogens with two attached hydrogens (primary N) is 1. The van der Waals surface area contributed by atoms with Gasteiger partial charge < -0.3 is 16.2 Å². The monoisotopic (exact) mass is 269 g/mol. The molecule has 0 spiro atoms. The third-order valence-electron chi connectivity index (χ3n) is 1.72. The molecule has 1 radical (unpaired) electrons. The SMILES string of the molecule is CC(=O)Nc1cc(S(=O)(=O)O)cc(N)c1O.[Na]. The van der Waals surface area contributed by atoms with Gasteiger partial charge in [-0.15, -0.1) is 0 Å². The average molecular weight is 269 g/mol. The molecule has 0 fully saturated rings. The predicted molar refractivity (Wildman–Crippen MR) is 62.4 cm³/mol. The van der Waals surface area contributed by atoms with Gasteiger partial charge in [0.05, 0.1) is 16.3 Å². The first-order valence-corrected chi connectivity index (χ1v) is 5.53. The first-order chi connectivity index (χ1) is 7.21. The van der Waals surface area contributed by atoms with Crippen molar-refractivity contribution < 1.29 is 22.9 Å². The molecule has 1 rings (SSSR count). The van der Waals surface area contributed by atoms with E-state index in [1.807, 2.05) is 0 Å². The van der Waals surface area contributed by atoms with Crippen LogP contribution in [-0.2, 0) is 14.9 Å². The molecule has 5 N–H and O–H groups in total. The zero-order chi connectivity index (χ0) is 12.5. The summed E-state index contributed by atoms with van der Waals surface area (Å²) < 4.78 is 30.5. The quantitative estimate of drug-likeness (QED) is 0.254. The van der Waals surface area contributed by atoms with Gasteiger partial charge in [-0.1, -0.05) is 0 Å². The average Bonchev–Trinajstić information content (AvgIpc) is 2.10. The number of phenolic OH excluding ortho intramolecular Hbond substituents is 1. The molecule has 0 unspecified atom stereocenters. The minimum atomic E-state index is -4.44. The molecule has 0 aliphatic rings. The Kier molecular flexibility index (Phi) is 5.43. The van der Waals surface area contributed by atoms with Crippen LogP contribution >= 0.6 is 0 Å². The van der Waals surface area contributed by atoms with Gasteiger partial charge >= 0.3 is 0 Å². The number of aromatic hydroxyl groups is 1. The van der Waals surface area contributed by atoms with Gasteiger partial charge in [0.1, 0.15) is 0 Å². The van der Waals surface area contributed by atoms with Crippen LogP contribution < -0.4 is 11.1 Å². The Hall–Kier alpha value is -0.800. The molecule has 0 aromatic heterocycles. The van der Waals surface area contributed by atoms with Crippen LogP contribution in [0.5, 0.6) is 5.75 Å². The Balaban J connectivity index is 0.00000256. The first kappa shape index (κ1) is 16.2. The maximum Gasteiger partial charge on any atom is 0.294 e. The maximum absolute atomic E-state index is 10.8. The molecule has 1 aromatic rings. The number of nitrogens with one attached hydrogen (secondary N) is 1. The standard InChI is InChI=1S/C8H10N2O5S.Na/c1-4(11)10-7-3-5(16(13,14)15)2-6(9)8(7)12;/h2-3,12H,9H2,1H3,(H,10,11)(H,13,14,15);. The summed E-state index contributed by atoms with van der Waals surface area (Å²) in [6.07, 6.45) is 0. The molecule has 0 saturated heterocycles. The fourth-order valence-electron chi connectivity index (χ4n) is 1.06. The second kappa shape index (κ2) is 5.69. The topological polar surface area (TPSA) is 130 Å². The number of rotatable bonds is 2. The molecule has 9 heteroatoms. The second-order valence-electron chi connectivity index (χ2n) is 3.06. The van der Waals surface area contributed by atoms with E-state index in [0.29, 0.717) is 0 Å². The van der Waals surface area contributed by atoms with Gasteiger partial charge in [-0.3, -0.25) is 9.35 Å². The molecular weight excluding hydrogens is 259 g/mol. The fourth-order valence-corrected chi connectivity index (χ4v) is 1.61. The number of carbonyl (C=O) groups is 1. The van der Waals surface area contributed by atoms with Crippen LogP contribution in [0.1, 0.15) is 6.92 Å². The van der Waals surface area contributed by atoms with Gasteiger partial charge in [-0.2, -0.15) is 8.42 Å². The Morgan fingerprint density at radius 1 is 1.41 bits per heavy atom. The molecule has 1 aromatic carbocycles. The van der Waals surface area contributed by atoms with Gasteiger partial charge in [0, 0.05) is 36.5 Å². The largest absolute Gasteiger partial charge is 0.504 e. The van der Waals surface area contributed by atoms with Crippen LogP contribution in [0.2, 0.25) is 0 Å². The molecule has 0 saturated carbocycles. The number of hydrogen-bond donors (Lipinski definition) is 4. The summed E-state index contributed by atoms with van der Waals surface area (Å²) in [6.45, 7) is 1.18. The first-order valence-electron chi connectivity index (χ1n) is 4.09. The van der Waals surface area contributed by atoms with E-state index in [1.165, 1.54) is 6.92 Å². The molecule has 0 aliphatic carbocycles. The van der Waals surface area contributed by atoms with E-state index in [2.05, 4.69) is 5.32 Å². The third-order valence-corrected chi connectivity index (χ3v) is 2.55. The minimum Gasteiger partial charge on any atom is -0.504 e. The molecule has 1 amide bonds. The van der Waals surface area contributed by atoms with E-state index in [0.717, 1.165) is 12.1 Å². The van der Waals surface area contributed by atoms with Crippen molar-refractivity contribution in [3.05, 3.63) is 12.1 Å². The summed E-state index contributed by atoms with van der Waals surface area (Å²) in [5.74, 6) is -0.968. The molecule has 0 aliphatic heterocycles. The normalized spacial score (nSPS) is 10.5. The fraction of sp³-hybridized carbons (Fsp3) is 0.125. The summed E-state index contributed by atoms with van der Waals surface area (Å²) in [5, 5.41) is 11.6. The predicted octanol–water partition coefficient (Wildman–Crippen LogP) is -0.201. The summed E-state index contributed by atoms with van der Waals surface area (Å²) in [7, 11) is -4.44. The van der Waals surface area contributed by atoms with Gasteiger partial charge in [0.2, 0.25) is 5.91 Å². The van der Waals surface area contributed by atoms with Crippen molar-refractivity contribution in [2.24, 2.45) is 0 Å². The van der Waals surface area contributed by atoms with Crippen LogP contribution in [0.3, 0.4) is 0 Å². The van der Waals surface area contributed by atoms with E-state index in [1.54, 1.807) is 0 Å². The van der Waals surface area contributed by atoms with Crippen LogP contribution in [0.4, 0.5) is 11.4 Å². The van der Waals surface area contributed by atoms with E-state index in [9.17, 15) is 18.3 Å². The van der Waals surface area contributed by atoms with Gasteiger partial charge in [-0.05, 0) is 12.1 Å². The summed E-state index contributed by atoms with van der Waals surface area (Å²) >= 11 is 0. The van der Waals surface area contributed by atoms with Crippen LogP contribution in [0, 0.1) is 0 Å². The van der Waals surface area contributed by atoms with Crippen molar-refractivity contribution in [3.8, 4) is 5.75 Å². The smallest absolute Gasteiger partial charge is 0.294 e. The number of hydrogen-bond acceptors (Lipinski definition) is 5. The van der Waals surface area contributed by atoms with Crippen molar-refractivity contribution in [2.75, 3.05) is 11.1 Å². The third kappa shape index (κ3) is 4.17. The molecular formula is C8H10N2NaO5S. The molecule has 7 nitrogen and oxygen atoms in total. The number of benzene rings is 1. The number of amides is 1. The molecule has 0 heterocycles. The van der Waals surface area contributed by atoms with Gasteiger partial charge in [-0.25, -0.2) is 0 Å². The summed E-state index contributed by atoms with van der Waals surface area (Å²) in [5.41, 5.74) is 4.87. The number of nitrogen functional groups attached to an aromatic ring is 1. The second-order valence-corrected chi connectivity index (χ2v) is 4.49. The van der Waals surface area contributed by atoms with Crippen molar-refractivity contribution >= 4 is 57.0 Å². The van der Waals surface area contributed by atoms with Crippen LogP contribution in [-0.4, -0.2) is 53.5 Å². The Labute approximate surface area is 120 Å². The Morgan fingerprint density at radius 3 is 2.35 bits per heavy atom. The van der Waals surface area contributed by atoms with Crippen LogP contribution in [0.15, 0.2) is 17.0 Å².